The van der Waals surface area contributed by atoms with Crippen LogP contribution in [-0.4, -0.2) is 59.8 Å². The highest BCUT2D eigenvalue weighted by molar-refractivity contribution is 6.09. The summed E-state index contributed by atoms with van der Waals surface area (Å²) in [6, 6.07) is 3.86. The van der Waals surface area contributed by atoms with Gasteiger partial charge in [-0.15, -0.1) is 0 Å². The van der Waals surface area contributed by atoms with Gasteiger partial charge in [0.15, 0.2) is 19.0 Å². The first kappa shape index (κ1) is 20.8. The van der Waals surface area contributed by atoms with Gasteiger partial charge in [0.1, 0.15) is 17.8 Å². The number of benzene rings is 1. The summed E-state index contributed by atoms with van der Waals surface area (Å²) < 4.78 is 10.2. The molecule has 1 aliphatic carbocycles. The molecule has 0 radical (unpaired) electrons. The second-order valence-electron chi connectivity index (χ2n) is 8.07. The van der Waals surface area contributed by atoms with Crippen LogP contribution in [0, 0.1) is 5.92 Å². The summed E-state index contributed by atoms with van der Waals surface area (Å²) in [5, 5.41) is 5.36. The van der Waals surface area contributed by atoms with Crippen molar-refractivity contribution in [1.82, 2.24) is 10.2 Å². The van der Waals surface area contributed by atoms with E-state index in [-0.39, 0.29) is 24.0 Å². The number of carbonyl (C=O) groups is 5. The van der Waals surface area contributed by atoms with Gasteiger partial charge in [-0.05, 0) is 37.0 Å². The molecule has 2 atom stereocenters. The fourth-order valence-corrected chi connectivity index (χ4v) is 4.30. The Kier molecular flexibility index (Phi) is 5.38. The maximum absolute atomic E-state index is 12.9. The molecule has 164 valence electrons. The third-order valence-corrected chi connectivity index (χ3v) is 6.09. The van der Waals surface area contributed by atoms with Crippen LogP contribution in [0.3, 0.4) is 0 Å². The molecular formula is C21H23N3O7. The molecule has 2 N–H and O–H groups in total. The van der Waals surface area contributed by atoms with E-state index in [0.717, 1.165) is 24.2 Å². The fraction of sp³-hybridized carbons (Fsp3) is 0.476. The van der Waals surface area contributed by atoms with E-state index in [4.69, 9.17) is 9.47 Å². The molecule has 2 aliphatic heterocycles. The molecule has 2 heterocycles. The minimum absolute atomic E-state index is 0.0197. The number of esters is 1. The summed E-state index contributed by atoms with van der Waals surface area (Å²) in [6.07, 6.45) is 3.19. The summed E-state index contributed by atoms with van der Waals surface area (Å²) >= 11 is 0. The second kappa shape index (κ2) is 8.01. The van der Waals surface area contributed by atoms with Gasteiger partial charge >= 0.3 is 12.0 Å². The molecule has 4 amide bonds. The largest absolute Gasteiger partial charge is 0.482 e. The molecule has 0 bridgehead atoms. The Balaban J connectivity index is 1.35. The van der Waals surface area contributed by atoms with Crippen LogP contribution >= 0.6 is 0 Å². The molecule has 1 saturated carbocycles. The van der Waals surface area contributed by atoms with Crippen molar-refractivity contribution < 1.29 is 33.4 Å². The number of hydrogen-bond acceptors (Lipinski definition) is 7. The minimum Gasteiger partial charge on any atom is -0.482 e. The highest BCUT2D eigenvalue weighted by atomic mass is 16.5. The zero-order valence-corrected chi connectivity index (χ0v) is 17.1. The van der Waals surface area contributed by atoms with Crippen molar-refractivity contribution in [2.24, 2.45) is 5.92 Å². The lowest BCUT2D eigenvalue weighted by Gasteiger charge is -2.36. The van der Waals surface area contributed by atoms with E-state index in [1.807, 2.05) is 6.92 Å². The summed E-state index contributed by atoms with van der Waals surface area (Å²) in [5.74, 6) is -1.68. The highest BCUT2D eigenvalue weighted by Crippen LogP contribution is 2.38. The number of nitrogens with zero attached hydrogens (tertiary/aromatic N) is 1. The van der Waals surface area contributed by atoms with Gasteiger partial charge in [-0.2, -0.15) is 0 Å². The zero-order chi connectivity index (χ0) is 22.2. The maximum Gasteiger partial charge on any atom is 0.326 e. The van der Waals surface area contributed by atoms with Crippen molar-refractivity contribution >= 4 is 35.3 Å². The van der Waals surface area contributed by atoms with Crippen molar-refractivity contribution in [3.8, 4) is 5.75 Å². The molecule has 0 unspecified atom stereocenters. The van der Waals surface area contributed by atoms with Gasteiger partial charge in [0, 0.05) is 5.56 Å². The van der Waals surface area contributed by atoms with Gasteiger partial charge in [0.25, 0.3) is 11.8 Å². The Hall–Kier alpha value is -3.43. The van der Waals surface area contributed by atoms with E-state index in [1.54, 1.807) is 6.07 Å². The van der Waals surface area contributed by atoms with Crippen LogP contribution in [0.5, 0.6) is 5.75 Å². The van der Waals surface area contributed by atoms with Crippen molar-refractivity contribution in [1.29, 1.82) is 0 Å². The van der Waals surface area contributed by atoms with Crippen LogP contribution in [0.25, 0.3) is 0 Å². The lowest BCUT2D eigenvalue weighted by atomic mass is 9.73. The van der Waals surface area contributed by atoms with Crippen molar-refractivity contribution in [2.45, 2.75) is 38.1 Å². The van der Waals surface area contributed by atoms with E-state index in [2.05, 4.69) is 10.6 Å². The number of Topliss-reactive ketones (excluding diaryl/α,β-unsaturated/α-hetero) is 1. The van der Waals surface area contributed by atoms with Gasteiger partial charge in [0.2, 0.25) is 0 Å². The van der Waals surface area contributed by atoms with Crippen LogP contribution in [0.1, 0.15) is 43.0 Å². The predicted octanol–water partition coefficient (Wildman–Crippen LogP) is 1.24. The molecule has 3 aliphatic rings. The van der Waals surface area contributed by atoms with Crippen molar-refractivity contribution in [3.05, 3.63) is 23.8 Å². The Bertz CT molecular complexity index is 976. The summed E-state index contributed by atoms with van der Waals surface area (Å²) in [5.41, 5.74) is -0.372. The lowest BCUT2D eigenvalue weighted by molar-refractivity contribution is -0.147. The van der Waals surface area contributed by atoms with Gasteiger partial charge in [-0.3, -0.25) is 24.1 Å². The van der Waals surface area contributed by atoms with E-state index >= 15 is 0 Å². The van der Waals surface area contributed by atoms with Gasteiger partial charge in [0.05, 0.1) is 5.69 Å². The average molecular weight is 429 g/mol. The monoisotopic (exact) mass is 429 g/mol. The Labute approximate surface area is 178 Å². The topological polar surface area (TPSA) is 131 Å². The van der Waals surface area contributed by atoms with Gasteiger partial charge < -0.3 is 20.1 Å². The molecule has 1 saturated heterocycles. The van der Waals surface area contributed by atoms with E-state index < -0.39 is 42.4 Å². The van der Waals surface area contributed by atoms with E-state index in [1.165, 1.54) is 12.1 Å². The minimum atomic E-state index is -0.957. The molecule has 31 heavy (non-hydrogen) atoms. The number of urea groups is 1. The molecule has 1 aromatic rings. The Morgan fingerprint density at radius 3 is 2.84 bits per heavy atom. The predicted molar refractivity (Wildman–Crippen MR) is 106 cm³/mol. The SMILES string of the molecule is C[C@@H]1CCCC[C@]12NC(=O)N(CC(=O)OCC(=O)c1ccc3c(c1)NC(=O)CO3)C2=O. The first-order chi connectivity index (χ1) is 14.8. The third-order valence-electron chi connectivity index (χ3n) is 6.09. The normalized spacial score (nSPS) is 24.9. The number of ether oxygens (including phenoxy) is 2. The highest BCUT2D eigenvalue weighted by Gasteiger charge is 2.55. The number of anilines is 1. The summed E-state index contributed by atoms with van der Waals surface area (Å²) in [7, 11) is 0. The summed E-state index contributed by atoms with van der Waals surface area (Å²) in [4.78, 5) is 62.1. The molecule has 0 aromatic heterocycles. The summed E-state index contributed by atoms with van der Waals surface area (Å²) in [6.45, 7) is 0.711. The molecule has 10 heteroatoms. The zero-order valence-electron chi connectivity index (χ0n) is 17.1. The van der Waals surface area contributed by atoms with Crippen molar-refractivity contribution in [2.75, 3.05) is 25.1 Å². The van der Waals surface area contributed by atoms with Crippen LogP contribution < -0.4 is 15.4 Å². The van der Waals surface area contributed by atoms with Crippen molar-refractivity contribution in [3.63, 3.8) is 0 Å². The number of fused-ring (bicyclic) bond motifs is 1. The smallest absolute Gasteiger partial charge is 0.326 e. The lowest BCUT2D eigenvalue weighted by Crippen LogP contribution is -2.54. The Morgan fingerprint density at radius 2 is 2.06 bits per heavy atom. The maximum atomic E-state index is 12.9. The number of amides is 4. The number of imide groups is 1. The van der Waals surface area contributed by atoms with Gasteiger partial charge in [-0.25, -0.2) is 4.79 Å². The number of nitrogens with one attached hydrogen (secondary N) is 2. The number of carbonyl (C=O) groups excluding carboxylic acids is 5. The molecule has 1 aromatic carbocycles. The molecule has 4 rings (SSSR count). The first-order valence-electron chi connectivity index (χ1n) is 10.2. The Morgan fingerprint density at radius 1 is 1.26 bits per heavy atom. The van der Waals surface area contributed by atoms with E-state index in [0.29, 0.717) is 17.9 Å². The third kappa shape index (κ3) is 3.85. The van der Waals surface area contributed by atoms with Gasteiger partial charge in [-0.1, -0.05) is 19.8 Å². The average Bonchev–Trinajstić information content (AvgIpc) is 2.98. The number of ketones is 1. The van der Waals surface area contributed by atoms with Crippen LogP contribution in [0.15, 0.2) is 18.2 Å². The fourth-order valence-electron chi connectivity index (χ4n) is 4.30. The van der Waals surface area contributed by atoms with Crippen LogP contribution in [0.2, 0.25) is 0 Å². The molecular weight excluding hydrogens is 406 g/mol. The first-order valence-corrected chi connectivity index (χ1v) is 10.2. The number of hydrogen-bond donors (Lipinski definition) is 2. The van der Waals surface area contributed by atoms with Crippen LogP contribution in [0.4, 0.5) is 10.5 Å². The molecule has 1 spiro atoms. The van der Waals surface area contributed by atoms with Crippen LogP contribution in [-0.2, 0) is 19.1 Å². The second-order valence-corrected chi connectivity index (χ2v) is 8.07. The standard InChI is InChI=1S/C21H23N3O7/c1-12-4-2-3-7-21(12)19(28)24(20(29)23-21)9-18(27)31-10-15(25)13-5-6-16-14(8-13)22-17(26)11-30-16/h5-6,8,12H,2-4,7,9-11H2,1H3,(H,22,26)(H,23,29)/t12-,21+/m1/s1. The molecule has 10 nitrogen and oxygen atoms in total. The molecule has 2 fully saturated rings. The number of rotatable bonds is 5. The van der Waals surface area contributed by atoms with E-state index in [9.17, 15) is 24.0 Å². The quantitative estimate of drug-likeness (QED) is 0.409.